The summed E-state index contributed by atoms with van der Waals surface area (Å²) in [6.07, 6.45) is 0.435. The predicted octanol–water partition coefficient (Wildman–Crippen LogP) is 2.13. The van der Waals surface area contributed by atoms with E-state index in [4.69, 9.17) is 4.74 Å². The van der Waals surface area contributed by atoms with Gasteiger partial charge in [-0.05, 0) is 19.8 Å². The van der Waals surface area contributed by atoms with E-state index in [9.17, 15) is 9.59 Å². The van der Waals surface area contributed by atoms with Crippen LogP contribution in [0.3, 0.4) is 0 Å². The zero-order chi connectivity index (χ0) is 13.3. The molecule has 0 spiro atoms. The van der Waals surface area contributed by atoms with Gasteiger partial charge in [0.15, 0.2) is 0 Å². The highest BCUT2D eigenvalue weighted by Crippen LogP contribution is 2.06. The van der Waals surface area contributed by atoms with E-state index in [-0.39, 0.29) is 17.8 Å². The number of nitrogens with zero attached hydrogens (tertiary/aromatic N) is 1. The fourth-order valence-electron chi connectivity index (χ4n) is 1.30. The number of amides is 1. The second-order valence-corrected chi connectivity index (χ2v) is 5.08. The van der Waals surface area contributed by atoms with Crippen LogP contribution in [0.25, 0.3) is 0 Å². The number of ether oxygens (including phenoxy) is 1. The molecule has 0 saturated carbocycles. The molecule has 17 heavy (non-hydrogen) atoms. The molecule has 0 radical (unpaired) electrons. The van der Waals surface area contributed by atoms with Crippen LogP contribution in [-0.4, -0.2) is 41.6 Å². The largest absolute Gasteiger partial charge is 0.455 e. The van der Waals surface area contributed by atoms with Gasteiger partial charge in [-0.15, -0.1) is 11.8 Å². The zero-order valence-corrected chi connectivity index (χ0v) is 12.0. The Bertz CT molecular complexity index is 240. The summed E-state index contributed by atoms with van der Waals surface area (Å²) in [5, 5.41) is 0. The normalized spacial score (nSPS) is 10.4. The molecular weight excluding hydrogens is 238 g/mol. The van der Waals surface area contributed by atoms with Crippen molar-refractivity contribution in [1.29, 1.82) is 0 Å². The van der Waals surface area contributed by atoms with E-state index in [0.717, 1.165) is 13.1 Å². The number of esters is 1. The molecule has 0 bridgehead atoms. The highest BCUT2D eigenvalue weighted by molar-refractivity contribution is 7.99. The van der Waals surface area contributed by atoms with Gasteiger partial charge in [0.25, 0.3) is 0 Å². The fourth-order valence-corrected chi connectivity index (χ4v) is 1.95. The molecular formula is C12H23NO3S. The number of hydrogen-bond donors (Lipinski definition) is 0. The lowest BCUT2D eigenvalue weighted by Gasteiger charge is -2.18. The topological polar surface area (TPSA) is 46.6 Å². The molecule has 0 atom stereocenters. The molecule has 100 valence electrons. The first-order chi connectivity index (χ1) is 8.01. The maximum atomic E-state index is 11.6. The third-order valence-corrected chi connectivity index (χ3v) is 2.96. The predicted molar refractivity (Wildman–Crippen MR) is 70.8 cm³/mol. The minimum absolute atomic E-state index is 0.0971. The second kappa shape index (κ2) is 9.33. The smallest absolute Gasteiger partial charge is 0.306 e. The van der Waals surface area contributed by atoms with Gasteiger partial charge in [0.2, 0.25) is 5.91 Å². The summed E-state index contributed by atoms with van der Waals surface area (Å²) in [5.41, 5.74) is 0. The summed E-state index contributed by atoms with van der Waals surface area (Å²) >= 11 is 1.34. The highest BCUT2D eigenvalue weighted by atomic mass is 32.2. The molecule has 4 nitrogen and oxygen atoms in total. The molecule has 0 aromatic carbocycles. The van der Waals surface area contributed by atoms with E-state index in [1.54, 1.807) is 4.90 Å². The maximum absolute atomic E-state index is 11.6. The first-order valence-corrected chi connectivity index (χ1v) is 7.17. The monoisotopic (exact) mass is 261 g/mol. The van der Waals surface area contributed by atoms with Crippen LogP contribution in [-0.2, 0) is 14.3 Å². The highest BCUT2D eigenvalue weighted by Gasteiger charge is 2.10. The van der Waals surface area contributed by atoms with Crippen LogP contribution in [0.5, 0.6) is 0 Å². The van der Waals surface area contributed by atoms with E-state index in [2.05, 4.69) is 0 Å². The Morgan fingerprint density at radius 1 is 1.24 bits per heavy atom. The Morgan fingerprint density at radius 3 is 2.29 bits per heavy atom. The number of hydrogen-bond acceptors (Lipinski definition) is 4. The molecule has 0 aliphatic rings. The van der Waals surface area contributed by atoms with Crippen molar-refractivity contribution in [2.45, 2.75) is 34.1 Å². The van der Waals surface area contributed by atoms with Crippen molar-refractivity contribution in [2.24, 2.45) is 5.92 Å². The number of rotatable bonds is 8. The van der Waals surface area contributed by atoms with E-state index in [1.807, 2.05) is 27.7 Å². The standard InChI is InChI=1S/C12H23NO3S/c1-5-13(6-2)11(14)8-17-9-16-12(15)7-10(3)4/h10H,5-9H2,1-4H3. The summed E-state index contributed by atoms with van der Waals surface area (Å²) in [6, 6.07) is 0. The molecule has 0 aliphatic carbocycles. The Kier molecular flexibility index (Phi) is 8.94. The van der Waals surface area contributed by atoms with Crippen molar-refractivity contribution in [3.63, 3.8) is 0 Å². The molecule has 0 unspecified atom stereocenters. The first-order valence-electron chi connectivity index (χ1n) is 6.02. The lowest BCUT2D eigenvalue weighted by Crippen LogP contribution is -2.32. The Morgan fingerprint density at radius 2 is 1.82 bits per heavy atom. The van der Waals surface area contributed by atoms with Crippen LogP contribution in [0.4, 0.5) is 0 Å². The van der Waals surface area contributed by atoms with Gasteiger partial charge in [-0.3, -0.25) is 9.59 Å². The van der Waals surface area contributed by atoms with Crippen molar-refractivity contribution in [2.75, 3.05) is 24.8 Å². The van der Waals surface area contributed by atoms with Crippen molar-refractivity contribution >= 4 is 23.6 Å². The van der Waals surface area contributed by atoms with Gasteiger partial charge >= 0.3 is 5.97 Å². The summed E-state index contributed by atoms with van der Waals surface area (Å²) in [7, 11) is 0. The van der Waals surface area contributed by atoms with Gasteiger partial charge in [0, 0.05) is 19.5 Å². The summed E-state index contributed by atoms with van der Waals surface area (Å²) < 4.78 is 5.00. The Balaban J connectivity index is 3.64. The first kappa shape index (κ1) is 16.3. The van der Waals surface area contributed by atoms with Crippen LogP contribution in [0, 0.1) is 5.92 Å². The molecule has 0 saturated heterocycles. The average molecular weight is 261 g/mol. The summed E-state index contributed by atoms with van der Waals surface area (Å²) in [6.45, 7) is 9.30. The maximum Gasteiger partial charge on any atom is 0.306 e. The van der Waals surface area contributed by atoms with Gasteiger partial charge in [0.05, 0.1) is 5.75 Å². The molecule has 0 fully saturated rings. The van der Waals surface area contributed by atoms with Gasteiger partial charge in [0.1, 0.15) is 5.94 Å². The van der Waals surface area contributed by atoms with E-state index in [1.165, 1.54) is 11.8 Å². The van der Waals surface area contributed by atoms with Crippen molar-refractivity contribution < 1.29 is 14.3 Å². The van der Waals surface area contributed by atoms with Gasteiger partial charge in [-0.2, -0.15) is 0 Å². The molecule has 0 heterocycles. The Labute approximate surface area is 108 Å². The SMILES string of the molecule is CCN(CC)C(=O)CSCOC(=O)CC(C)C. The number of thioether (sulfide) groups is 1. The molecule has 0 aromatic heterocycles. The minimum atomic E-state index is -0.192. The van der Waals surface area contributed by atoms with Crippen molar-refractivity contribution in [3.05, 3.63) is 0 Å². The van der Waals surface area contributed by atoms with Gasteiger partial charge < -0.3 is 9.64 Å². The van der Waals surface area contributed by atoms with Crippen molar-refractivity contribution in [3.8, 4) is 0 Å². The lowest BCUT2D eigenvalue weighted by molar-refractivity contribution is -0.142. The molecule has 0 N–H and O–H groups in total. The fraction of sp³-hybridized carbons (Fsp3) is 0.833. The summed E-state index contributed by atoms with van der Waals surface area (Å²) in [4.78, 5) is 24.6. The zero-order valence-electron chi connectivity index (χ0n) is 11.2. The average Bonchev–Trinajstić information content (AvgIpc) is 2.25. The van der Waals surface area contributed by atoms with E-state index >= 15 is 0 Å². The van der Waals surface area contributed by atoms with Gasteiger partial charge in [-0.25, -0.2) is 0 Å². The number of carbonyl (C=O) groups excluding carboxylic acids is 2. The lowest BCUT2D eigenvalue weighted by atomic mass is 10.1. The quantitative estimate of drug-likeness (QED) is 0.381. The van der Waals surface area contributed by atoms with Crippen LogP contribution >= 0.6 is 11.8 Å². The third kappa shape index (κ3) is 8.07. The Hall–Kier alpha value is -0.710. The van der Waals surface area contributed by atoms with E-state index in [0.29, 0.717) is 18.1 Å². The second-order valence-electron chi connectivity index (χ2n) is 4.15. The third-order valence-electron chi connectivity index (χ3n) is 2.22. The molecule has 5 heteroatoms. The number of carbonyl (C=O) groups is 2. The van der Waals surface area contributed by atoms with E-state index < -0.39 is 0 Å². The van der Waals surface area contributed by atoms with Gasteiger partial charge in [-0.1, -0.05) is 13.8 Å². The molecule has 0 aromatic rings. The van der Waals surface area contributed by atoms with Crippen LogP contribution < -0.4 is 0 Å². The van der Waals surface area contributed by atoms with Crippen LogP contribution in [0.2, 0.25) is 0 Å². The molecule has 0 rings (SSSR count). The van der Waals surface area contributed by atoms with Crippen molar-refractivity contribution in [1.82, 2.24) is 4.90 Å². The van der Waals surface area contributed by atoms with Crippen LogP contribution in [0.1, 0.15) is 34.1 Å². The molecule has 0 aliphatic heterocycles. The minimum Gasteiger partial charge on any atom is -0.455 e. The van der Waals surface area contributed by atoms with Crippen LogP contribution in [0.15, 0.2) is 0 Å². The summed E-state index contributed by atoms with van der Waals surface area (Å²) in [5.74, 6) is 0.849. The molecule has 1 amide bonds.